The van der Waals surface area contributed by atoms with Crippen LogP contribution in [0.25, 0.3) is 0 Å². The van der Waals surface area contributed by atoms with Crippen molar-refractivity contribution in [1.29, 1.82) is 0 Å². The first-order chi connectivity index (χ1) is 5.11. The summed E-state index contributed by atoms with van der Waals surface area (Å²) in [5.41, 5.74) is 5.22. The van der Waals surface area contributed by atoms with Crippen molar-refractivity contribution in [3.63, 3.8) is 0 Å². The summed E-state index contributed by atoms with van der Waals surface area (Å²) in [6.07, 6.45) is 1.49. The standard InChI is InChI=1S/C6H4BrClN2O/c7-3-1-4(6(9)11)5(8)10-2-3/h1-2H,(H2,9,11). The van der Waals surface area contributed by atoms with E-state index in [1.54, 1.807) is 0 Å². The minimum Gasteiger partial charge on any atom is -0.366 e. The highest BCUT2D eigenvalue weighted by molar-refractivity contribution is 9.10. The predicted octanol–water partition coefficient (Wildman–Crippen LogP) is 1.60. The number of nitrogens with zero attached hydrogens (tertiary/aromatic N) is 1. The summed E-state index contributed by atoms with van der Waals surface area (Å²) in [7, 11) is 0. The molecule has 0 aliphatic rings. The molecule has 1 aromatic heterocycles. The Bertz CT molecular complexity index is 303. The molecule has 1 amide bonds. The summed E-state index contributed by atoms with van der Waals surface area (Å²) in [5, 5.41) is 0.126. The number of hydrogen-bond donors (Lipinski definition) is 1. The maximum atomic E-state index is 10.7. The highest BCUT2D eigenvalue weighted by Gasteiger charge is 2.06. The first-order valence-corrected chi connectivity index (χ1v) is 3.89. The van der Waals surface area contributed by atoms with Gasteiger partial charge in [-0.3, -0.25) is 4.79 Å². The van der Waals surface area contributed by atoms with Crippen LogP contribution in [0.1, 0.15) is 10.4 Å². The number of pyridine rings is 1. The zero-order valence-corrected chi connectivity index (χ0v) is 7.69. The number of aromatic nitrogens is 1. The minimum absolute atomic E-state index is 0.126. The van der Waals surface area contributed by atoms with Crippen LogP contribution in [-0.2, 0) is 0 Å². The Hall–Kier alpha value is -0.610. The van der Waals surface area contributed by atoms with E-state index in [-0.39, 0.29) is 10.7 Å². The Morgan fingerprint density at radius 1 is 1.73 bits per heavy atom. The number of carbonyl (C=O) groups excluding carboxylic acids is 1. The van der Waals surface area contributed by atoms with Gasteiger partial charge in [0.25, 0.3) is 5.91 Å². The van der Waals surface area contributed by atoms with Crippen molar-refractivity contribution in [2.75, 3.05) is 0 Å². The van der Waals surface area contributed by atoms with Crippen LogP contribution in [0.4, 0.5) is 0 Å². The van der Waals surface area contributed by atoms with Gasteiger partial charge >= 0.3 is 0 Å². The number of carbonyl (C=O) groups is 1. The fourth-order valence-electron chi connectivity index (χ4n) is 0.595. The lowest BCUT2D eigenvalue weighted by molar-refractivity contribution is 0.1000. The van der Waals surface area contributed by atoms with Gasteiger partial charge in [-0.05, 0) is 22.0 Å². The van der Waals surface area contributed by atoms with Crippen LogP contribution in [0.15, 0.2) is 16.7 Å². The van der Waals surface area contributed by atoms with Crippen molar-refractivity contribution < 1.29 is 4.79 Å². The first kappa shape index (κ1) is 8.49. The van der Waals surface area contributed by atoms with E-state index in [1.807, 2.05) is 0 Å². The van der Waals surface area contributed by atoms with E-state index in [0.29, 0.717) is 4.47 Å². The monoisotopic (exact) mass is 234 g/mol. The Labute approximate surface area is 76.7 Å². The molecule has 11 heavy (non-hydrogen) atoms. The Morgan fingerprint density at radius 3 is 2.82 bits per heavy atom. The molecular weight excluding hydrogens is 231 g/mol. The second-order valence-corrected chi connectivity index (χ2v) is 3.13. The SMILES string of the molecule is NC(=O)c1cc(Br)cnc1Cl. The molecule has 0 aliphatic carbocycles. The van der Waals surface area contributed by atoms with Crippen LogP contribution in [0, 0.1) is 0 Å². The Morgan fingerprint density at radius 2 is 2.36 bits per heavy atom. The molecule has 1 aromatic rings. The second-order valence-electron chi connectivity index (χ2n) is 1.86. The van der Waals surface area contributed by atoms with Crippen LogP contribution in [0.5, 0.6) is 0 Å². The molecule has 2 N–H and O–H groups in total. The molecule has 0 atom stereocenters. The maximum Gasteiger partial charge on any atom is 0.251 e. The molecule has 3 nitrogen and oxygen atoms in total. The average molecular weight is 235 g/mol. The zero-order chi connectivity index (χ0) is 8.43. The third-order valence-electron chi connectivity index (χ3n) is 1.07. The molecule has 0 fully saturated rings. The van der Waals surface area contributed by atoms with Crippen molar-refractivity contribution in [2.24, 2.45) is 5.73 Å². The maximum absolute atomic E-state index is 10.7. The molecule has 58 valence electrons. The number of primary amides is 1. The fourth-order valence-corrected chi connectivity index (χ4v) is 1.12. The molecule has 1 rings (SSSR count). The van der Waals surface area contributed by atoms with E-state index in [4.69, 9.17) is 17.3 Å². The summed E-state index contributed by atoms with van der Waals surface area (Å²) >= 11 is 8.69. The lowest BCUT2D eigenvalue weighted by Gasteiger charge is -1.97. The quantitative estimate of drug-likeness (QED) is 0.752. The smallest absolute Gasteiger partial charge is 0.251 e. The van der Waals surface area contributed by atoms with Gasteiger partial charge < -0.3 is 5.73 Å². The van der Waals surface area contributed by atoms with Crippen LogP contribution < -0.4 is 5.73 Å². The van der Waals surface area contributed by atoms with E-state index in [9.17, 15) is 4.79 Å². The molecule has 1 heterocycles. The van der Waals surface area contributed by atoms with Crippen LogP contribution in [0.2, 0.25) is 5.15 Å². The third-order valence-corrected chi connectivity index (χ3v) is 1.81. The number of amides is 1. The van der Waals surface area contributed by atoms with Crippen molar-refractivity contribution in [3.8, 4) is 0 Å². The van der Waals surface area contributed by atoms with Gasteiger partial charge in [-0.15, -0.1) is 0 Å². The number of hydrogen-bond acceptors (Lipinski definition) is 2. The van der Waals surface area contributed by atoms with Gasteiger partial charge in [0.1, 0.15) is 5.15 Å². The predicted molar refractivity (Wildman–Crippen MR) is 45.5 cm³/mol. The molecule has 0 radical (unpaired) electrons. The molecule has 0 unspecified atom stereocenters. The van der Waals surface area contributed by atoms with Gasteiger partial charge in [0.15, 0.2) is 0 Å². The molecule has 0 bridgehead atoms. The first-order valence-electron chi connectivity index (χ1n) is 2.72. The van der Waals surface area contributed by atoms with Crippen molar-refractivity contribution in [2.45, 2.75) is 0 Å². The van der Waals surface area contributed by atoms with Crippen molar-refractivity contribution in [3.05, 3.63) is 27.5 Å². The lowest BCUT2D eigenvalue weighted by Crippen LogP contribution is -2.12. The van der Waals surface area contributed by atoms with E-state index < -0.39 is 5.91 Å². The van der Waals surface area contributed by atoms with E-state index in [1.165, 1.54) is 12.3 Å². The van der Waals surface area contributed by atoms with E-state index in [2.05, 4.69) is 20.9 Å². The zero-order valence-electron chi connectivity index (χ0n) is 5.34. The van der Waals surface area contributed by atoms with E-state index >= 15 is 0 Å². The molecular formula is C6H4BrClN2O. The third kappa shape index (κ3) is 1.91. The molecule has 5 heteroatoms. The van der Waals surface area contributed by atoms with Gasteiger partial charge in [-0.25, -0.2) is 4.98 Å². The van der Waals surface area contributed by atoms with Crippen molar-refractivity contribution in [1.82, 2.24) is 4.98 Å². The molecule has 0 saturated carbocycles. The van der Waals surface area contributed by atoms with Gasteiger partial charge in [0.2, 0.25) is 0 Å². The Kier molecular flexibility index (Phi) is 2.46. The number of nitrogens with two attached hydrogens (primary N) is 1. The number of halogens is 2. The largest absolute Gasteiger partial charge is 0.366 e. The Balaban J connectivity index is 3.23. The topological polar surface area (TPSA) is 56.0 Å². The molecule has 0 spiro atoms. The fraction of sp³-hybridized carbons (Fsp3) is 0. The lowest BCUT2D eigenvalue weighted by atomic mass is 10.3. The average Bonchev–Trinajstić information content (AvgIpc) is 1.94. The van der Waals surface area contributed by atoms with Gasteiger partial charge in [0, 0.05) is 10.7 Å². The summed E-state index contributed by atoms with van der Waals surface area (Å²) in [6.45, 7) is 0. The summed E-state index contributed by atoms with van der Waals surface area (Å²) in [6, 6.07) is 1.53. The van der Waals surface area contributed by atoms with Gasteiger partial charge in [0.05, 0.1) is 5.56 Å². The van der Waals surface area contributed by atoms with Crippen LogP contribution in [0.3, 0.4) is 0 Å². The van der Waals surface area contributed by atoms with Crippen LogP contribution in [-0.4, -0.2) is 10.9 Å². The summed E-state index contributed by atoms with van der Waals surface area (Å²) < 4.78 is 0.677. The van der Waals surface area contributed by atoms with Gasteiger partial charge in [-0.2, -0.15) is 0 Å². The van der Waals surface area contributed by atoms with Gasteiger partial charge in [-0.1, -0.05) is 11.6 Å². The normalized spacial score (nSPS) is 9.64. The van der Waals surface area contributed by atoms with E-state index in [0.717, 1.165) is 0 Å². The summed E-state index contributed by atoms with van der Waals surface area (Å²) in [4.78, 5) is 14.4. The molecule has 0 aromatic carbocycles. The highest BCUT2D eigenvalue weighted by atomic mass is 79.9. The second kappa shape index (κ2) is 3.19. The highest BCUT2D eigenvalue weighted by Crippen LogP contribution is 2.16. The van der Waals surface area contributed by atoms with Crippen molar-refractivity contribution >= 4 is 33.4 Å². The number of rotatable bonds is 1. The summed E-state index contributed by atoms with van der Waals surface area (Å²) in [5.74, 6) is -0.580. The molecule has 0 aliphatic heterocycles. The van der Waals surface area contributed by atoms with Crippen LogP contribution >= 0.6 is 27.5 Å². The molecule has 0 saturated heterocycles. The minimum atomic E-state index is -0.580.